The molecular formula is C18H13N3O5. The van der Waals surface area contributed by atoms with Gasteiger partial charge in [0.25, 0.3) is 11.2 Å². The van der Waals surface area contributed by atoms with Gasteiger partial charge >= 0.3 is 5.97 Å². The highest BCUT2D eigenvalue weighted by molar-refractivity contribution is 5.88. The van der Waals surface area contributed by atoms with Gasteiger partial charge in [0, 0.05) is 29.2 Å². The first-order valence-corrected chi connectivity index (χ1v) is 7.53. The average molecular weight is 351 g/mol. The number of carbonyl (C=O) groups excluding carboxylic acids is 1. The lowest BCUT2D eigenvalue weighted by Gasteiger charge is -2.09. The molecule has 0 aliphatic carbocycles. The van der Waals surface area contributed by atoms with Crippen molar-refractivity contribution in [1.29, 1.82) is 0 Å². The highest BCUT2D eigenvalue weighted by atomic mass is 16.6. The number of esters is 1. The molecule has 3 aromatic rings. The van der Waals surface area contributed by atoms with Gasteiger partial charge in [-0.05, 0) is 18.2 Å². The number of carbonyl (C=O) groups is 1. The molecule has 0 aliphatic rings. The second kappa shape index (κ2) is 6.98. The number of nitro groups is 1. The van der Waals surface area contributed by atoms with Crippen molar-refractivity contribution in [2.24, 2.45) is 0 Å². The summed E-state index contributed by atoms with van der Waals surface area (Å²) in [6, 6.07) is 10.9. The number of methoxy groups -OCH3 is 1. The van der Waals surface area contributed by atoms with Gasteiger partial charge in [-0.1, -0.05) is 18.2 Å². The summed E-state index contributed by atoms with van der Waals surface area (Å²) in [5.41, 5.74) is 0.0535. The zero-order valence-electron chi connectivity index (χ0n) is 13.7. The number of aromatic nitrogens is 2. The third kappa shape index (κ3) is 3.20. The van der Waals surface area contributed by atoms with Crippen LogP contribution < -0.4 is 5.56 Å². The highest BCUT2D eigenvalue weighted by Crippen LogP contribution is 2.22. The summed E-state index contributed by atoms with van der Waals surface area (Å²) in [5, 5.41) is 16.3. The van der Waals surface area contributed by atoms with Gasteiger partial charge < -0.3 is 4.74 Å². The van der Waals surface area contributed by atoms with E-state index in [1.807, 2.05) is 0 Å². The molecule has 8 heteroatoms. The Balaban J connectivity index is 2.22. The number of nitro benzene ring substituents is 1. The lowest BCUT2D eigenvalue weighted by Crippen LogP contribution is -2.21. The minimum atomic E-state index is -0.624. The second-order valence-electron chi connectivity index (χ2n) is 5.31. The SMILES string of the molecule is COC(=O)/C=C/c1cc([N+](=O)[O-])ccc1-n1ncc2ccccc2c1=O. The number of hydrogen-bond acceptors (Lipinski definition) is 6. The number of nitrogens with zero attached hydrogens (tertiary/aromatic N) is 3. The summed E-state index contributed by atoms with van der Waals surface area (Å²) in [6.45, 7) is 0. The van der Waals surface area contributed by atoms with Crippen LogP contribution in [0.15, 0.2) is 59.5 Å². The topological polar surface area (TPSA) is 104 Å². The van der Waals surface area contributed by atoms with E-state index in [0.717, 1.165) is 10.8 Å². The van der Waals surface area contributed by atoms with Crippen molar-refractivity contribution >= 4 is 28.5 Å². The largest absolute Gasteiger partial charge is 0.466 e. The quantitative estimate of drug-likeness (QED) is 0.309. The Morgan fingerprint density at radius 2 is 2.04 bits per heavy atom. The fourth-order valence-electron chi connectivity index (χ4n) is 2.47. The van der Waals surface area contributed by atoms with E-state index in [1.165, 1.54) is 37.6 Å². The highest BCUT2D eigenvalue weighted by Gasteiger charge is 2.14. The average Bonchev–Trinajstić information content (AvgIpc) is 2.66. The standard InChI is InChI=1S/C18H13N3O5/c1-26-17(22)9-6-12-10-14(21(24)25)7-8-16(12)20-18(23)15-5-3-2-4-13(15)11-19-20/h2-11H,1H3/b9-6+. The molecule has 3 rings (SSSR count). The Morgan fingerprint density at radius 1 is 1.27 bits per heavy atom. The van der Waals surface area contributed by atoms with Crippen molar-refractivity contribution in [3.05, 3.63) is 80.8 Å². The van der Waals surface area contributed by atoms with Crippen molar-refractivity contribution in [3.63, 3.8) is 0 Å². The zero-order chi connectivity index (χ0) is 18.7. The third-order valence-electron chi connectivity index (χ3n) is 3.75. The van der Waals surface area contributed by atoms with Crippen LogP contribution in [-0.4, -0.2) is 27.8 Å². The van der Waals surface area contributed by atoms with Gasteiger partial charge in [0.05, 0.1) is 29.3 Å². The maximum absolute atomic E-state index is 12.7. The number of rotatable bonds is 4. The van der Waals surface area contributed by atoms with E-state index in [9.17, 15) is 19.7 Å². The van der Waals surface area contributed by atoms with Crippen LogP contribution >= 0.6 is 0 Å². The van der Waals surface area contributed by atoms with Crippen molar-refractivity contribution in [2.45, 2.75) is 0 Å². The van der Waals surface area contributed by atoms with Crippen LogP contribution in [0.4, 0.5) is 5.69 Å². The van der Waals surface area contributed by atoms with Gasteiger partial charge in [0.15, 0.2) is 0 Å². The molecule has 1 heterocycles. The molecule has 0 saturated carbocycles. The van der Waals surface area contributed by atoms with Crippen molar-refractivity contribution < 1.29 is 14.5 Å². The molecule has 0 saturated heterocycles. The first-order valence-electron chi connectivity index (χ1n) is 7.53. The summed E-state index contributed by atoms with van der Waals surface area (Å²) in [4.78, 5) is 34.6. The van der Waals surface area contributed by atoms with Gasteiger partial charge in [-0.15, -0.1) is 0 Å². The minimum Gasteiger partial charge on any atom is -0.466 e. The fraction of sp³-hybridized carbons (Fsp3) is 0.0556. The van der Waals surface area contributed by atoms with Gasteiger partial charge in [-0.2, -0.15) is 9.78 Å². The predicted molar refractivity (Wildman–Crippen MR) is 95.0 cm³/mol. The normalized spacial score (nSPS) is 11.0. The Hall–Kier alpha value is -3.81. The molecule has 1 aromatic heterocycles. The fourth-order valence-corrected chi connectivity index (χ4v) is 2.47. The van der Waals surface area contributed by atoms with E-state index in [4.69, 9.17) is 0 Å². The lowest BCUT2D eigenvalue weighted by molar-refractivity contribution is -0.384. The van der Waals surface area contributed by atoms with Gasteiger partial charge in [0.2, 0.25) is 0 Å². The van der Waals surface area contributed by atoms with Crippen molar-refractivity contribution in [2.75, 3.05) is 7.11 Å². The molecule has 0 atom stereocenters. The Bertz CT molecular complexity index is 1100. The summed E-state index contributed by atoms with van der Waals surface area (Å²) >= 11 is 0. The lowest BCUT2D eigenvalue weighted by atomic mass is 10.1. The van der Waals surface area contributed by atoms with Gasteiger partial charge in [-0.25, -0.2) is 4.79 Å². The number of ether oxygens (including phenoxy) is 1. The molecule has 8 nitrogen and oxygen atoms in total. The Morgan fingerprint density at radius 3 is 2.77 bits per heavy atom. The molecule has 0 unspecified atom stereocenters. The number of hydrogen-bond donors (Lipinski definition) is 0. The smallest absolute Gasteiger partial charge is 0.330 e. The Kier molecular flexibility index (Phi) is 4.57. The summed E-state index contributed by atoms with van der Waals surface area (Å²) in [7, 11) is 1.22. The second-order valence-corrected chi connectivity index (χ2v) is 5.31. The molecule has 0 aliphatic heterocycles. The molecule has 0 fully saturated rings. The number of fused-ring (bicyclic) bond motifs is 1. The summed E-state index contributed by atoms with van der Waals surface area (Å²) < 4.78 is 5.67. The molecule has 0 radical (unpaired) electrons. The van der Waals surface area contributed by atoms with Crippen molar-refractivity contribution in [3.8, 4) is 5.69 Å². The van der Waals surface area contributed by atoms with Crippen LogP contribution in [0, 0.1) is 10.1 Å². The van der Waals surface area contributed by atoms with E-state index < -0.39 is 10.9 Å². The maximum atomic E-state index is 12.7. The van der Waals surface area contributed by atoms with Crippen molar-refractivity contribution in [1.82, 2.24) is 9.78 Å². The number of benzene rings is 2. The Labute approximate surface area is 147 Å². The van der Waals surface area contributed by atoms with E-state index in [2.05, 4.69) is 9.84 Å². The van der Waals surface area contributed by atoms with E-state index in [0.29, 0.717) is 16.5 Å². The molecule has 0 spiro atoms. The van der Waals surface area contributed by atoms with E-state index in [-0.39, 0.29) is 16.8 Å². The molecule has 2 aromatic carbocycles. The summed E-state index contributed by atoms with van der Waals surface area (Å²) in [5.74, 6) is -0.624. The monoisotopic (exact) mass is 351 g/mol. The van der Waals surface area contributed by atoms with Crippen LogP contribution in [0.5, 0.6) is 0 Å². The first kappa shape index (κ1) is 17.0. The van der Waals surface area contributed by atoms with E-state index >= 15 is 0 Å². The number of non-ortho nitro benzene ring substituents is 1. The first-order chi connectivity index (χ1) is 12.5. The molecule has 26 heavy (non-hydrogen) atoms. The minimum absolute atomic E-state index is 0.174. The van der Waals surface area contributed by atoms with Gasteiger partial charge in [-0.3, -0.25) is 14.9 Å². The van der Waals surface area contributed by atoms with Crippen LogP contribution in [-0.2, 0) is 9.53 Å². The van der Waals surface area contributed by atoms with Crippen LogP contribution in [0.25, 0.3) is 22.5 Å². The molecule has 0 N–H and O–H groups in total. The van der Waals surface area contributed by atoms with Gasteiger partial charge in [0.1, 0.15) is 0 Å². The molecule has 0 bridgehead atoms. The zero-order valence-corrected chi connectivity index (χ0v) is 13.7. The molecule has 0 amide bonds. The van der Waals surface area contributed by atoms with Crippen LogP contribution in [0.3, 0.4) is 0 Å². The van der Waals surface area contributed by atoms with Crippen LogP contribution in [0.2, 0.25) is 0 Å². The van der Waals surface area contributed by atoms with E-state index in [1.54, 1.807) is 24.3 Å². The van der Waals surface area contributed by atoms with Crippen LogP contribution in [0.1, 0.15) is 5.56 Å². The molecular weight excluding hydrogens is 338 g/mol. The maximum Gasteiger partial charge on any atom is 0.330 e. The summed E-state index contributed by atoms with van der Waals surface area (Å²) in [6.07, 6.45) is 4.00. The molecule has 130 valence electrons. The predicted octanol–water partition coefficient (Wildman–Crippen LogP) is 2.48. The third-order valence-corrected chi connectivity index (χ3v) is 3.75.